The third-order valence-corrected chi connectivity index (χ3v) is 5.28. The molecule has 0 radical (unpaired) electrons. The molecule has 1 heterocycles. The molecule has 0 aromatic heterocycles. The maximum atomic E-state index is 12.0. The summed E-state index contributed by atoms with van der Waals surface area (Å²) in [5.41, 5.74) is 0. The molecule has 2 unspecified atom stereocenters. The standard InChI is InChI=1S/C11H24N2O2S/c1-9(2)10(3)7-13-16(14,15)11-5-4-6-12-8-11/h9-13H,4-8H2,1-3H3. The lowest BCUT2D eigenvalue weighted by molar-refractivity contribution is 0.411. The van der Waals surface area contributed by atoms with E-state index in [0.717, 1.165) is 19.4 Å². The van der Waals surface area contributed by atoms with Gasteiger partial charge >= 0.3 is 0 Å². The van der Waals surface area contributed by atoms with Gasteiger partial charge in [0.1, 0.15) is 0 Å². The van der Waals surface area contributed by atoms with Gasteiger partial charge in [0, 0.05) is 13.1 Å². The van der Waals surface area contributed by atoms with E-state index in [2.05, 4.69) is 30.8 Å². The Morgan fingerprint density at radius 1 is 1.38 bits per heavy atom. The van der Waals surface area contributed by atoms with Gasteiger partial charge in [0.05, 0.1) is 5.25 Å². The van der Waals surface area contributed by atoms with Crippen molar-refractivity contribution in [3.05, 3.63) is 0 Å². The molecule has 1 aliphatic rings. The molecule has 0 saturated carbocycles. The zero-order chi connectivity index (χ0) is 12.2. The molecule has 1 saturated heterocycles. The SMILES string of the molecule is CC(C)C(C)CNS(=O)(=O)C1CCCNC1. The first-order valence-electron chi connectivity index (χ1n) is 6.12. The van der Waals surface area contributed by atoms with Crippen molar-refractivity contribution in [1.29, 1.82) is 0 Å². The lowest BCUT2D eigenvalue weighted by atomic mass is 9.99. The van der Waals surface area contributed by atoms with Gasteiger partial charge in [-0.3, -0.25) is 0 Å². The fourth-order valence-corrected chi connectivity index (χ4v) is 3.23. The number of hydrogen-bond donors (Lipinski definition) is 2. The van der Waals surface area contributed by atoms with E-state index < -0.39 is 10.0 Å². The molecule has 1 rings (SSSR count). The van der Waals surface area contributed by atoms with E-state index in [1.807, 2.05) is 0 Å². The van der Waals surface area contributed by atoms with E-state index in [-0.39, 0.29) is 5.25 Å². The molecule has 0 spiro atoms. The van der Waals surface area contributed by atoms with Gasteiger partial charge < -0.3 is 5.32 Å². The Hall–Kier alpha value is -0.130. The van der Waals surface area contributed by atoms with Crippen molar-refractivity contribution in [3.8, 4) is 0 Å². The van der Waals surface area contributed by atoms with E-state index in [1.165, 1.54) is 0 Å². The molecule has 1 fully saturated rings. The van der Waals surface area contributed by atoms with Crippen LogP contribution in [-0.2, 0) is 10.0 Å². The average Bonchev–Trinajstić information content (AvgIpc) is 2.27. The number of nitrogens with one attached hydrogen (secondary N) is 2. The second-order valence-electron chi connectivity index (χ2n) is 5.08. The van der Waals surface area contributed by atoms with Gasteiger partial charge in [0.15, 0.2) is 0 Å². The number of piperidine rings is 1. The molecule has 4 nitrogen and oxygen atoms in total. The minimum absolute atomic E-state index is 0.249. The van der Waals surface area contributed by atoms with Crippen molar-refractivity contribution in [1.82, 2.24) is 10.0 Å². The zero-order valence-corrected chi connectivity index (χ0v) is 11.3. The Kier molecular flexibility index (Phi) is 5.21. The first-order chi connectivity index (χ1) is 7.43. The summed E-state index contributed by atoms with van der Waals surface area (Å²) in [5.74, 6) is 0.888. The van der Waals surface area contributed by atoms with Crippen molar-refractivity contribution in [2.75, 3.05) is 19.6 Å². The zero-order valence-electron chi connectivity index (χ0n) is 10.5. The van der Waals surface area contributed by atoms with Crippen molar-refractivity contribution in [2.24, 2.45) is 11.8 Å². The van der Waals surface area contributed by atoms with E-state index in [4.69, 9.17) is 0 Å². The minimum Gasteiger partial charge on any atom is -0.315 e. The topological polar surface area (TPSA) is 58.2 Å². The Bertz CT molecular complexity index is 295. The van der Waals surface area contributed by atoms with Crippen molar-refractivity contribution in [3.63, 3.8) is 0 Å². The lowest BCUT2D eigenvalue weighted by Gasteiger charge is -2.24. The summed E-state index contributed by atoms with van der Waals surface area (Å²) in [4.78, 5) is 0. The summed E-state index contributed by atoms with van der Waals surface area (Å²) in [5, 5.41) is 2.88. The van der Waals surface area contributed by atoms with Gasteiger partial charge in [-0.25, -0.2) is 13.1 Å². The maximum Gasteiger partial charge on any atom is 0.215 e. The second kappa shape index (κ2) is 5.98. The molecular formula is C11H24N2O2S. The van der Waals surface area contributed by atoms with Crippen LogP contribution in [0.1, 0.15) is 33.6 Å². The first-order valence-corrected chi connectivity index (χ1v) is 7.67. The Balaban J connectivity index is 2.44. The molecular weight excluding hydrogens is 224 g/mol. The molecule has 0 aromatic rings. The van der Waals surface area contributed by atoms with Crippen LogP contribution in [0, 0.1) is 11.8 Å². The van der Waals surface area contributed by atoms with Crippen LogP contribution in [0.5, 0.6) is 0 Å². The quantitative estimate of drug-likeness (QED) is 0.761. The van der Waals surface area contributed by atoms with Crippen LogP contribution in [0.15, 0.2) is 0 Å². The molecule has 0 aromatic carbocycles. The normalized spacial score (nSPS) is 24.6. The van der Waals surface area contributed by atoms with Gasteiger partial charge in [-0.2, -0.15) is 0 Å². The van der Waals surface area contributed by atoms with Crippen LogP contribution in [0.25, 0.3) is 0 Å². The van der Waals surface area contributed by atoms with Gasteiger partial charge in [-0.1, -0.05) is 20.8 Å². The fourth-order valence-electron chi connectivity index (χ4n) is 1.69. The maximum absolute atomic E-state index is 12.0. The highest BCUT2D eigenvalue weighted by molar-refractivity contribution is 7.90. The molecule has 5 heteroatoms. The predicted molar refractivity (Wildman–Crippen MR) is 66.8 cm³/mol. The van der Waals surface area contributed by atoms with Crippen molar-refractivity contribution < 1.29 is 8.42 Å². The summed E-state index contributed by atoms with van der Waals surface area (Å²) in [6, 6.07) is 0. The van der Waals surface area contributed by atoms with Gasteiger partial charge in [-0.15, -0.1) is 0 Å². The molecule has 2 atom stereocenters. The highest BCUT2D eigenvalue weighted by Gasteiger charge is 2.27. The third-order valence-electron chi connectivity index (χ3n) is 3.44. The molecule has 0 amide bonds. The smallest absolute Gasteiger partial charge is 0.215 e. The van der Waals surface area contributed by atoms with Crippen LogP contribution in [0.2, 0.25) is 0 Å². The molecule has 96 valence electrons. The van der Waals surface area contributed by atoms with Crippen LogP contribution in [0.3, 0.4) is 0 Å². The van der Waals surface area contributed by atoms with E-state index in [9.17, 15) is 8.42 Å². The number of sulfonamides is 1. The lowest BCUT2D eigenvalue weighted by Crippen LogP contribution is -2.45. The Labute approximate surface area is 99.2 Å². The van der Waals surface area contributed by atoms with Gasteiger partial charge in [0.2, 0.25) is 10.0 Å². The summed E-state index contributed by atoms with van der Waals surface area (Å²) in [6.45, 7) is 8.38. The number of hydrogen-bond acceptors (Lipinski definition) is 3. The van der Waals surface area contributed by atoms with E-state index >= 15 is 0 Å². The van der Waals surface area contributed by atoms with Gasteiger partial charge in [0.25, 0.3) is 0 Å². The third kappa shape index (κ3) is 4.03. The van der Waals surface area contributed by atoms with Crippen LogP contribution < -0.4 is 10.0 Å². The molecule has 16 heavy (non-hydrogen) atoms. The highest BCUT2D eigenvalue weighted by atomic mass is 32.2. The van der Waals surface area contributed by atoms with Crippen molar-refractivity contribution >= 4 is 10.0 Å². The van der Waals surface area contributed by atoms with E-state index in [1.54, 1.807) is 0 Å². The highest BCUT2D eigenvalue weighted by Crippen LogP contribution is 2.12. The van der Waals surface area contributed by atoms with Crippen LogP contribution >= 0.6 is 0 Å². The number of rotatable bonds is 5. The van der Waals surface area contributed by atoms with Crippen molar-refractivity contribution in [2.45, 2.75) is 38.9 Å². The molecule has 2 N–H and O–H groups in total. The second-order valence-corrected chi connectivity index (χ2v) is 7.13. The van der Waals surface area contributed by atoms with Crippen LogP contribution in [0.4, 0.5) is 0 Å². The molecule has 1 aliphatic heterocycles. The average molecular weight is 248 g/mol. The Morgan fingerprint density at radius 2 is 2.06 bits per heavy atom. The Morgan fingerprint density at radius 3 is 2.56 bits per heavy atom. The summed E-state index contributed by atoms with van der Waals surface area (Å²) in [7, 11) is -3.12. The summed E-state index contributed by atoms with van der Waals surface area (Å²) >= 11 is 0. The largest absolute Gasteiger partial charge is 0.315 e. The van der Waals surface area contributed by atoms with E-state index in [0.29, 0.717) is 24.9 Å². The monoisotopic (exact) mass is 248 g/mol. The first kappa shape index (κ1) is 13.9. The fraction of sp³-hybridized carbons (Fsp3) is 1.00. The molecule has 0 aliphatic carbocycles. The summed E-state index contributed by atoms with van der Waals surface area (Å²) in [6.07, 6.45) is 1.73. The molecule has 0 bridgehead atoms. The minimum atomic E-state index is -3.12. The van der Waals surface area contributed by atoms with Crippen LogP contribution in [-0.4, -0.2) is 33.3 Å². The van der Waals surface area contributed by atoms with Gasteiger partial charge in [-0.05, 0) is 31.2 Å². The summed E-state index contributed by atoms with van der Waals surface area (Å²) < 4.78 is 26.7. The predicted octanol–water partition coefficient (Wildman–Crippen LogP) is 0.950.